The molecule has 0 saturated carbocycles. The van der Waals surface area contributed by atoms with Crippen LogP contribution in [0.4, 0.5) is 13.2 Å². The number of para-hydroxylation sites is 1. The van der Waals surface area contributed by atoms with Gasteiger partial charge in [0.25, 0.3) is 0 Å². The summed E-state index contributed by atoms with van der Waals surface area (Å²) in [5.41, 5.74) is -0.568. The van der Waals surface area contributed by atoms with E-state index >= 15 is 0 Å². The smallest absolute Gasteiger partial charge is 0.341 e. The van der Waals surface area contributed by atoms with E-state index in [1.54, 1.807) is 11.0 Å². The number of carbonyl (C=O) groups excluding carboxylic acids is 1. The van der Waals surface area contributed by atoms with Crippen LogP contribution in [-0.4, -0.2) is 33.4 Å². The summed E-state index contributed by atoms with van der Waals surface area (Å²) >= 11 is 0. The third-order valence-corrected chi connectivity index (χ3v) is 3.89. The van der Waals surface area contributed by atoms with Crippen molar-refractivity contribution >= 4 is 16.9 Å². The predicted molar refractivity (Wildman–Crippen MR) is 86.5 cm³/mol. The first-order valence-electron chi connectivity index (χ1n) is 8.17. The predicted octanol–water partition coefficient (Wildman–Crippen LogP) is 4.09. The van der Waals surface area contributed by atoms with Crippen LogP contribution in [0.25, 0.3) is 11.0 Å². The average Bonchev–Trinajstić information content (AvgIpc) is 2.93. The van der Waals surface area contributed by atoms with E-state index in [2.05, 4.69) is 11.9 Å². The maximum absolute atomic E-state index is 13.0. The summed E-state index contributed by atoms with van der Waals surface area (Å²) < 4.78 is 40.6. The molecule has 1 heterocycles. The second-order valence-electron chi connectivity index (χ2n) is 5.78. The minimum Gasteiger partial charge on any atom is -0.341 e. The van der Waals surface area contributed by atoms with Gasteiger partial charge in [-0.2, -0.15) is 13.2 Å². The second-order valence-corrected chi connectivity index (χ2v) is 5.78. The first-order valence-corrected chi connectivity index (χ1v) is 8.17. The highest BCUT2D eigenvalue weighted by Crippen LogP contribution is 2.33. The third kappa shape index (κ3) is 4.07. The molecule has 0 aliphatic rings. The van der Waals surface area contributed by atoms with E-state index < -0.39 is 11.7 Å². The summed E-state index contributed by atoms with van der Waals surface area (Å²) in [5.74, 6) is -0.0954. The number of rotatable bonds is 7. The number of carbonyl (C=O) groups is 1. The van der Waals surface area contributed by atoms with Crippen LogP contribution in [0.1, 0.15) is 38.7 Å². The van der Waals surface area contributed by atoms with E-state index in [0.717, 1.165) is 25.3 Å². The van der Waals surface area contributed by atoms with E-state index in [1.165, 1.54) is 17.0 Å². The van der Waals surface area contributed by atoms with Crippen LogP contribution in [0.2, 0.25) is 0 Å². The molecule has 2 rings (SSSR count). The van der Waals surface area contributed by atoms with Crippen LogP contribution in [0.5, 0.6) is 0 Å². The molecule has 0 N–H and O–H groups in total. The number of amides is 1. The number of hydrogen-bond donors (Lipinski definition) is 0. The van der Waals surface area contributed by atoms with E-state index in [1.807, 2.05) is 6.92 Å². The number of fused-ring (bicyclic) bond motifs is 1. The Morgan fingerprint density at radius 1 is 1.21 bits per heavy atom. The van der Waals surface area contributed by atoms with Crippen molar-refractivity contribution in [3.63, 3.8) is 0 Å². The Kier molecular flexibility index (Phi) is 5.85. The van der Waals surface area contributed by atoms with Crippen molar-refractivity contribution < 1.29 is 18.0 Å². The summed E-state index contributed by atoms with van der Waals surface area (Å²) in [4.78, 5) is 18.1. The number of hydrogen-bond acceptors (Lipinski definition) is 2. The van der Waals surface area contributed by atoms with Crippen LogP contribution in [0, 0.1) is 0 Å². The highest BCUT2D eigenvalue weighted by molar-refractivity contribution is 5.82. The Hall–Kier alpha value is -2.05. The minimum atomic E-state index is -4.46. The first kappa shape index (κ1) is 18.3. The number of halogens is 3. The molecule has 1 amide bonds. The molecular weight excluding hydrogens is 319 g/mol. The Balaban J connectivity index is 2.25. The van der Waals surface area contributed by atoms with Crippen LogP contribution in [0.15, 0.2) is 24.5 Å². The fraction of sp³-hybridized carbons (Fsp3) is 0.529. The van der Waals surface area contributed by atoms with Gasteiger partial charge in [-0.05, 0) is 25.0 Å². The monoisotopic (exact) mass is 341 g/mol. The van der Waals surface area contributed by atoms with Crippen molar-refractivity contribution in [2.45, 2.75) is 45.8 Å². The fourth-order valence-corrected chi connectivity index (χ4v) is 2.67. The van der Waals surface area contributed by atoms with Gasteiger partial charge in [-0.1, -0.05) is 26.3 Å². The lowest BCUT2D eigenvalue weighted by Gasteiger charge is -2.22. The van der Waals surface area contributed by atoms with E-state index in [0.29, 0.717) is 18.6 Å². The van der Waals surface area contributed by atoms with Crippen LogP contribution in [-0.2, 0) is 17.5 Å². The SMILES string of the molecule is CCCCN(CCC)C(=O)Cn1cnc2c(C(F)(F)F)cccc21. The van der Waals surface area contributed by atoms with Crippen LogP contribution >= 0.6 is 0 Å². The minimum absolute atomic E-state index is 0.00151. The molecule has 0 saturated heterocycles. The highest BCUT2D eigenvalue weighted by Gasteiger charge is 2.33. The van der Waals surface area contributed by atoms with Gasteiger partial charge in [0.2, 0.25) is 5.91 Å². The summed E-state index contributed by atoms with van der Waals surface area (Å²) in [6.07, 6.45) is -0.413. The van der Waals surface area contributed by atoms with E-state index in [4.69, 9.17) is 0 Å². The van der Waals surface area contributed by atoms with Crippen molar-refractivity contribution in [2.75, 3.05) is 13.1 Å². The molecule has 0 fully saturated rings. The zero-order valence-corrected chi connectivity index (χ0v) is 13.9. The lowest BCUT2D eigenvalue weighted by atomic mass is 10.2. The Bertz CT molecular complexity index is 694. The summed E-state index contributed by atoms with van der Waals surface area (Å²) in [6.45, 7) is 5.37. The number of aromatic nitrogens is 2. The van der Waals surface area contributed by atoms with Crippen LogP contribution < -0.4 is 0 Å². The Morgan fingerprint density at radius 3 is 2.58 bits per heavy atom. The van der Waals surface area contributed by atoms with Gasteiger partial charge in [0.05, 0.1) is 17.4 Å². The molecule has 0 atom stereocenters. The zero-order valence-electron chi connectivity index (χ0n) is 13.9. The maximum atomic E-state index is 13.0. The lowest BCUT2D eigenvalue weighted by Crippen LogP contribution is -2.35. The molecule has 4 nitrogen and oxygen atoms in total. The molecule has 1 aromatic heterocycles. The molecule has 7 heteroatoms. The first-order chi connectivity index (χ1) is 11.4. The van der Waals surface area contributed by atoms with Gasteiger partial charge in [-0.15, -0.1) is 0 Å². The largest absolute Gasteiger partial charge is 0.418 e. The normalized spacial score (nSPS) is 11.9. The third-order valence-electron chi connectivity index (χ3n) is 3.89. The molecule has 0 unspecified atom stereocenters. The molecule has 2 aromatic rings. The molecule has 0 aliphatic heterocycles. The molecule has 0 bridgehead atoms. The molecule has 132 valence electrons. The zero-order chi connectivity index (χ0) is 17.7. The van der Waals surface area contributed by atoms with E-state index in [9.17, 15) is 18.0 Å². The van der Waals surface area contributed by atoms with Crippen molar-refractivity contribution in [1.29, 1.82) is 0 Å². The Morgan fingerprint density at radius 2 is 1.96 bits per heavy atom. The van der Waals surface area contributed by atoms with Gasteiger partial charge in [0.15, 0.2) is 0 Å². The Labute approximate surface area is 139 Å². The molecule has 24 heavy (non-hydrogen) atoms. The van der Waals surface area contributed by atoms with Gasteiger partial charge in [-0.25, -0.2) is 4.98 Å². The van der Waals surface area contributed by atoms with Gasteiger partial charge >= 0.3 is 6.18 Å². The number of imidazole rings is 1. The second kappa shape index (κ2) is 7.68. The van der Waals surface area contributed by atoms with Crippen molar-refractivity contribution in [3.8, 4) is 0 Å². The quantitative estimate of drug-likeness (QED) is 0.761. The average molecular weight is 341 g/mol. The van der Waals surface area contributed by atoms with Crippen molar-refractivity contribution in [1.82, 2.24) is 14.5 Å². The molecule has 0 aliphatic carbocycles. The van der Waals surface area contributed by atoms with Crippen LogP contribution in [0.3, 0.4) is 0 Å². The molecule has 0 spiro atoms. The molecule has 0 radical (unpaired) electrons. The summed E-state index contributed by atoms with van der Waals surface area (Å²) in [6, 6.07) is 3.90. The number of benzene rings is 1. The fourth-order valence-electron chi connectivity index (χ4n) is 2.67. The highest BCUT2D eigenvalue weighted by atomic mass is 19.4. The standard InChI is InChI=1S/C17H22F3N3O/c1-3-5-10-22(9-4-2)15(24)11-23-12-21-16-13(17(18,19)20)7-6-8-14(16)23/h6-8,12H,3-5,9-11H2,1-2H3. The number of alkyl halides is 3. The maximum Gasteiger partial charge on any atom is 0.418 e. The van der Waals surface area contributed by atoms with E-state index in [-0.39, 0.29) is 18.0 Å². The van der Waals surface area contributed by atoms with Gasteiger partial charge in [-0.3, -0.25) is 4.79 Å². The molecular formula is C17H22F3N3O. The van der Waals surface area contributed by atoms with Gasteiger partial charge in [0.1, 0.15) is 12.1 Å². The topological polar surface area (TPSA) is 38.1 Å². The molecule has 1 aromatic carbocycles. The van der Waals surface area contributed by atoms with Crippen molar-refractivity contribution in [3.05, 3.63) is 30.1 Å². The van der Waals surface area contributed by atoms with Gasteiger partial charge < -0.3 is 9.47 Å². The summed E-state index contributed by atoms with van der Waals surface area (Å²) in [7, 11) is 0. The number of nitrogens with zero attached hydrogens (tertiary/aromatic N) is 3. The number of unbranched alkanes of at least 4 members (excludes halogenated alkanes) is 1. The van der Waals surface area contributed by atoms with Crippen molar-refractivity contribution in [2.24, 2.45) is 0 Å². The lowest BCUT2D eigenvalue weighted by molar-refractivity contribution is -0.136. The van der Waals surface area contributed by atoms with Gasteiger partial charge in [0, 0.05) is 13.1 Å². The summed E-state index contributed by atoms with van der Waals surface area (Å²) in [5, 5.41) is 0.